The number of nitrogens with zero attached hydrogens (tertiary/aromatic N) is 2. The summed E-state index contributed by atoms with van der Waals surface area (Å²) >= 11 is 0. The molecule has 0 saturated carbocycles. The van der Waals surface area contributed by atoms with Gasteiger partial charge in [-0.05, 0) is 31.4 Å². The van der Waals surface area contributed by atoms with Gasteiger partial charge in [0.1, 0.15) is 0 Å². The van der Waals surface area contributed by atoms with Gasteiger partial charge in [0.05, 0.1) is 29.2 Å². The number of anilines is 1. The SMILES string of the molecule is O=C(Nc1cccnc1)c1c[nH]c2c1-c1oncc1CCC2. The van der Waals surface area contributed by atoms with Crippen LogP contribution >= 0.6 is 0 Å². The highest BCUT2D eigenvalue weighted by atomic mass is 16.5. The molecular weight excluding hydrogens is 280 g/mol. The lowest BCUT2D eigenvalue weighted by Crippen LogP contribution is -2.12. The van der Waals surface area contributed by atoms with Gasteiger partial charge in [-0.15, -0.1) is 0 Å². The number of aryl methyl sites for hydroxylation is 2. The fourth-order valence-electron chi connectivity index (χ4n) is 2.84. The fraction of sp³-hybridized carbons (Fsp3) is 0.188. The highest BCUT2D eigenvalue weighted by Gasteiger charge is 2.26. The van der Waals surface area contributed by atoms with Crippen LogP contribution in [0.25, 0.3) is 11.3 Å². The predicted molar refractivity (Wildman–Crippen MR) is 80.5 cm³/mol. The molecule has 0 bridgehead atoms. The summed E-state index contributed by atoms with van der Waals surface area (Å²) in [7, 11) is 0. The molecule has 6 nitrogen and oxygen atoms in total. The Kier molecular flexibility index (Phi) is 3.00. The Balaban J connectivity index is 1.74. The second kappa shape index (κ2) is 5.14. The fourth-order valence-corrected chi connectivity index (χ4v) is 2.84. The third-order valence-electron chi connectivity index (χ3n) is 3.87. The van der Waals surface area contributed by atoms with E-state index in [9.17, 15) is 4.79 Å². The van der Waals surface area contributed by atoms with Crippen molar-refractivity contribution in [3.63, 3.8) is 0 Å². The second-order valence-corrected chi connectivity index (χ2v) is 5.29. The molecule has 0 aliphatic heterocycles. The lowest BCUT2D eigenvalue weighted by molar-refractivity contribution is 0.102. The number of H-pyrrole nitrogens is 1. The Morgan fingerprint density at radius 2 is 2.27 bits per heavy atom. The summed E-state index contributed by atoms with van der Waals surface area (Å²) in [6.45, 7) is 0. The van der Waals surface area contributed by atoms with Gasteiger partial charge in [0.15, 0.2) is 5.76 Å². The highest BCUT2D eigenvalue weighted by Crippen LogP contribution is 2.35. The number of fused-ring (bicyclic) bond motifs is 3. The molecule has 0 unspecified atom stereocenters. The zero-order valence-corrected chi connectivity index (χ0v) is 11.8. The summed E-state index contributed by atoms with van der Waals surface area (Å²) in [5.74, 6) is 0.514. The maximum absolute atomic E-state index is 12.6. The van der Waals surface area contributed by atoms with E-state index < -0.39 is 0 Å². The third-order valence-corrected chi connectivity index (χ3v) is 3.87. The number of hydrogen-bond donors (Lipinski definition) is 2. The number of aromatic nitrogens is 3. The average molecular weight is 294 g/mol. The van der Waals surface area contributed by atoms with Crippen LogP contribution in [0.3, 0.4) is 0 Å². The number of carbonyl (C=O) groups excluding carboxylic acids is 1. The Labute approximate surface area is 126 Å². The Bertz CT molecular complexity index is 820. The molecule has 0 fully saturated rings. The highest BCUT2D eigenvalue weighted by molar-refractivity contribution is 6.09. The van der Waals surface area contributed by atoms with Crippen molar-refractivity contribution in [3.8, 4) is 11.3 Å². The van der Waals surface area contributed by atoms with Crippen molar-refractivity contribution in [2.24, 2.45) is 0 Å². The molecule has 3 heterocycles. The molecule has 0 saturated heterocycles. The standard InChI is InChI=1S/C16H14N4O2/c21-16(20-11-4-2-6-17-8-11)12-9-18-13-5-1-3-10-7-19-22-15(10)14(12)13/h2,4,6-9,18H,1,3,5H2,(H,20,21). The smallest absolute Gasteiger partial charge is 0.258 e. The van der Waals surface area contributed by atoms with Crippen molar-refractivity contribution in [2.75, 3.05) is 5.32 Å². The van der Waals surface area contributed by atoms with E-state index in [0.717, 1.165) is 36.1 Å². The van der Waals surface area contributed by atoms with Gasteiger partial charge >= 0.3 is 0 Å². The van der Waals surface area contributed by atoms with Gasteiger partial charge in [-0.3, -0.25) is 9.78 Å². The molecule has 0 radical (unpaired) electrons. The van der Waals surface area contributed by atoms with E-state index in [1.165, 1.54) is 0 Å². The van der Waals surface area contributed by atoms with Gasteiger partial charge in [-0.25, -0.2) is 0 Å². The van der Waals surface area contributed by atoms with E-state index >= 15 is 0 Å². The maximum Gasteiger partial charge on any atom is 0.258 e. The van der Waals surface area contributed by atoms with E-state index in [-0.39, 0.29) is 5.91 Å². The first-order valence-corrected chi connectivity index (χ1v) is 7.18. The summed E-state index contributed by atoms with van der Waals surface area (Å²) in [5, 5.41) is 6.73. The van der Waals surface area contributed by atoms with Crippen LogP contribution in [-0.4, -0.2) is 21.0 Å². The number of rotatable bonds is 2. The summed E-state index contributed by atoms with van der Waals surface area (Å²) in [6, 6.07) is 3.58. The number of pyridine rings is 1. The summed E-state index contributed by atoms with van der Waals surface area (Å²) in [4.78, 5) is 19.8. The minimum absolute atomic E-state index is 0.185. The van der Waals surface area contributed by atoms with E-state index in [4.69, 9.17) is 4.52 Å². The van der Waals surface area contributed by atoms with E-state index in [0.29, 0.717) is 17.0 Å². The first-order valence-electron chi connectivity index (χ1n) is 7.18. The molecular formula is C16H14N4O2. The average Bonchev–Trinajstić information content (AvgIpc) is 3.12. The Hall–Kier alpha value is -2.89. The first kappa shape index (κ1) is 12.8. The van der Waals surface area contributed by atoms with Crippen LogP contribution in [0.5, 0.6) is 0 Å². The van der Waals surface area contributed by atoms with Crippen LogP contribution in [0.15, 0.2) is 41.4 Å². The molecule has 0 atom stereocenters. The molecule has 3 aromatic heterocycles. The van der Waals surface area contributed by atoms with Crippen LogP contribution in [-0.2, 0) is 12.8 Å². The van der Waals surface area contributed by atoms with Crippen LogP contribution in [0.4, 0.5) is 5.69 Å². The van der Waals surface area contributed by atoms with Gasteiger partial charge in [-0.2, -0.15) is 0 Å². The minimum atomic E-state index is -0.185. The van der Waals surface area contributed by atoms with Gasteiger partial charge in [-0.1, -0.05) is 5.16 Å². The van der Waals surface area contributed by atoms with Crippen LogP contribution in [0, 0.1) is 0 Å². The Morgan fingerprint density at radius 1 is 1.32 bits per heavy atom. The molecule has 1 amide bonds. The topological polar surface area (TPSA) is 83.8 Å². The van der Waals surface area contributed by atoms with Crippen molar-refractivity contribution in [1.29, 1.82) is 0 Å². The largest absolute Gasteiger partial charge is 0.364 e. The first-order chi connectivity index (χ1) is 10.8. The molecule has 6 heteroatoms. The number of nitrogens with one attached hydrogen (secondary N) is 2. The molecule has 110 valence electrons. The number of hydrogen-bond acceptors (Lipinski definition) is 4. The van der Waals surface area contributed by atoms with Crippen molar-refractivity contribution < 1.29 is 9.32 Å². The van der Waals surface area contributed by atoms with Crippen LogP contribution in [0.1, 0.15) is 28.0 Å². The maximum atomic E-state index is 12.6. The number of carbonyl (C=O) groups is 1. The van der Waals surface area contributed by atoms with Gasteiger partial charge in [0, 0.05) is 23.7 Å². The number of aromatic amines is 1. The molecule has 1 aliphatic rings. The molecule has 3 aromatic rings. The van der Waals surface area contributed by atoms with E-state index in [1.54, 1.807) is 36.9 Å². The van der Waals surface area contributed by atoms with Gasteiger partial charge in [0.2, 0.25) is 0 Å². The van der Waals surface area contributed by atoms with Crippen molar-refractivity contribution in [2.45, 2.75) is 19.3 Å². The number of amides is 1. The summed E-state index contributed by atoms with van der Waals surface area (Å²) in [5.41, 5.74) is 4.12. The molecule has 22 heavy (non-hydrogen) atoms. The van der Waals surface area contributed by atoms with E-state index in [2.05, 4.69) is 20.4 Å². The predicted octanol–water partition coefficient (Wildman–Crippen LogP) is 2.81. The van der Waals surface area contributed by atoms with Crippen molar-refractivity contribution in [3.05, 3.63) is 53.7 Å². The molecule has 0 spiro atoms. The van der Waals surface area contributed by atoms with Crippen molar-refractivity contribution in [1.82, 2.24) is 15.1 Å². The lowest BCUT2D eigenvalue weighted by atomic mass is 10.1. The normalized spacial score (nSPS) is 13.1. The van der Waals surface area contributed by atoms with E-state index in [1.807, 2.05) is 0 Å². The molecule has 4 rings (SSSR count). The minimum Gasteiger partial charge on any atom is -0.364 e. The third kappa shape index (κ3) is 2.09. The Morgan fingerprint density at radius 3 is 3.14 bits per heavy atom. The quantitative estimate of drug-likeness (QED) is 0.761. The van der Waals surface area contributed by atoms with Gasteiger partial charge in [0.25, 0.3) is 5.91 Å². The molecule has 2 N–H and O–H groups in total. The zero-order chi connectivity index (χ0) is 14.9. The van der Waals surface area contributed by atoms with Crippen molar-refractivity contribution >= 4 is 11.6 Å². The van der Waals surface area contributed by atoms with Crippen LogP contribution < -0.4 is 5.32 Å². The summed E-state index contributed by atoms with van der Waals surface area (Å²) in [6.07, 6.45) is 9.55. The zero-order valence-electron chi connectivity index (χ0n) is 11.8. The summed E-state index contributed by atoms with van der Waals surface area (Å²) < 4.78 is 5.40. The molecule has 0 aromatic carbocycles. The molecule has 1 aliphatic carbocycles. The van der Waals surface area contributed by atoms with Crippen LogP contribution in [0.2, 0.25) is 0 Å². The second-order valence-electron chi connectivity index (χ2n) is 5.29. The monoisotopic (exact) mass is 294 g/mol. The van der Waals surface area contributed by atoms with Gasteiger partial charge < -0.3 is 14.8 Å². The lowest BCUT2D eigenvalue weighted by Gasteiger charge is -2.05.